The van der Waals surface area contributed by atoms with Crippen LogP contribution >= 0.6 is 0 Å². The van der Waals surface area contributed by atoms with Crippen LogP contribution in [-0.4, -0.2) is 32.7 Å². The predicted octanol–water partition coefficient (Wildman–Crippen LogP) is 2.27. The van der Waals surface area contributed by atoms with Crippen LogP contribution in [-0.2, 0) is 9.53 Å². The second kappa shape index (κ2) is 7.57. The Morgan fingerprint density at radius 2 is 2.00 bits per heavy atom. The van der Waals surface area contributed by atoms with Gasteiger partial charge < -0.3 is 15.4 Å². The number of carbonyl (C=O) groups is 1. The van der Waals surface area contributed by atoms with Gasteiger partial charge in [0, 0.05) is 7.11 Å². The Bertz CT molecular complexity index is 436. The van der Waals surface area contributed by atoms with E-state index in [-0.39, 0.29) is 17.4 Å². The van der Waals surface area contributed by atoms with Crippen molar-refractivity contribution in [1.82, 2.24) is 10.6 Å². The van der Waals surface area contributed by atoms with Crippen LogP contribution < -0.4 is 10.6 Å². The van der Waals surface area contributed by atoms with Crippen molar-refractivity contribution in [3.05, 3.63) is 35.9 Å². The fourth-order valence-corrected chi connectivity index (χ4v) is 3.04. The van der Waals surface area contributed by atoms with Crippen molar-refractivity contribution in [1.29, 1.82) is 0 Å². The van der Waals surface area contributed by atoms with Gasteiger partial charge in [0.1, 0.15) is 0 Å². The van der Waals surface area contributed by atoms with Crippen molar-refractivity contribution in [2.24, 2.45) is 5.41 Å². The van der Waals surface area contributed by atoms with Crippen molar-refractivity contribution < 1.29 is 9.53 Å². The quantitative estimate of drug-likeness (QED) is 0.845. The van der Waals surface area contributed by atoms with Crippen LogP contribution in [0.15, 0.2) is 30.3 Å². The first kappa shape index (κ1) is 16.0. The van der Waals surface area contributed by atoms with Gasteiger partial charge in [-0.1, -0.05) is 37.3 Å². The monoisotopic (exact) mass is 290 g/mol. The van der Waals surface area contributed by atoms with Crippen LogP contribution in [0.5, 0.6) is 0 Å². The zero-order valence-electron chi connectivity index (χ0n) is 13.0. The van der Waals surface area contributed by atoms with Gasteiger partial charge in [-0.25, -0.2) is 0 Å². The lowest BCUT2D eigenvalue weighted by molar-refractivity contribution is -0.137. The number of carbonyl (C=O) groups excluding carboxylic acids is 1. The molecule has 1 fully saturated rings. The molecule has 1 aliphatic heterocycles. The third-order valence-electron chi connectivity index (χ3n) is 4.38. The minimum absolute atomic E-state index is 0.0716. The number of nitrogens with one attached hydrogen (secondary N) is 2. The summed E-state index contributed by atoms with van der Waals surface area (Å²) in [6, 6.07) is 10.2. The van der Waals surface area contributed by atoms with E-state index < -0.39 is 0 Å². The molecule has 0 aromatic heterocycles. The summed E-state index contributed by atoms with van der Waals surface area (Å²) in [5.74, 6) is 0.126. The molecule has 1 heterocycles. The molecule has 0 spiro atoms. The van der Waals surface area contributed by atoms with E-state index in [1.165, 1.54) is 0 Å². The summed E-state index contributed by atoms with van der Waals surface area (Å²) in [6.07, 6.45) is 2.55. The summed E-state index contributed by atoms with van der Waals surface area (Å²) >= 11 is 0. The molecule has 116 valence electrons. The number of hydrogen-bond donors (Lipinski definition) is 2. The fraction of sp³-hybridized carbons (Fsp3) is 0.588. The highest BCUT2D eigenvalue weighted by atomic mass is 16.5. The van der Waals surface area contributed by atoms with Gasteiger partial charge in [-0.2, -0.15) is 0 Å². The Morgan fingerprint density at radius 1 is 1.33 bits per heavy atom. The number of methoxy groups -OCH3 is 1. The van der Waals surface area contributed by atoms with Crippen molar-refractivity contribution in [3.8, 4) is 0 Å². The molecule has 0 radical (unpaired) electrons. The Morgan fingerprint density at radius 3 is 2.57 bits per heavy atom. The first-order valence-corrected chi connectivity index (χ1v) is 7.77. The first-order valence-electron chi connectivity index (χ1n) is 7.77. The second-order valence-electron chi connectivity index (χ2n) is 5.81. The van der Waals surface area contributed by atoms with Crippen LogP contribution in [0, 0.1) is 5.41 Å². The topological polar surface area (TPSA) is 50.4 Å². The minimum Gasteiger partial charge on any atom is -0.384 e. The Hall–Kier alpha value is -1.39. The molecule has 0 bridgehead atoms. The fourth-order valence-electron chi connectivity index (χ4n) is 3.04. The maximum absolute atomic E-state index is 12.8. The maximum atomic E-state index is 12.8. The molecule has 2 rings (SSSR count). The molecular weight excluding hydrogens is 264 g/mol. The highest BCUT2D eigenvalue weighted by Gasteiger charge is 2.40. The zero-order chi connectivity index (χ0) is 15.1. The zero-order valence-corrected chi connectivity index (χ0v) is 13.0. The molecule has 4 heteroatoms. The number of amides is 1. The average Bonchev–Trinajstić information content (AvgIpc) is 2.54. The number of ether oxygens (including phenoxy) is 1. The van der Waals surface area contributed by atoms with E-state index in [1.54, 1.807) is 7.11 Å². The molecule has 4 nitrogen and oxygen atoms in total. The molecule has 2 N–H and O–H groups in total. The van der Waals surface area contributed by atoms with Crippen LogP contribution in [0.2, 0.25) is 0 Å². The minimum atomic E-state index is -0.387. The normalized spacial score (nSPS) is 19.0. The summed E-state index contributed by atoms with van der Waals surface area (Å²) in [6.45, 7) is 4.34. The van der Waals surface area contributed by atoms with Crippen LogP contribution in [0.1, 0.15) is 37.8 Å². The second-order valence-corrected chi connectivity index (χ2v) is 5.81. The van der Waals surface area contributed by atoms with Crippen LogP contribution in [0.3, 0.4) is 0 Å². The van der Waals surface area contributed by atoms with E-state index >= 15 is 0 Å². The van der Waals surface area contributed by atoms with Crippen molar-refractivity contribution in [2.45, 2.75) is 32.2 Å². The molecule has 0 aliphatic carbocycles. The lowest BCUT2D eigenvalue weighted by Gasteiger charge is -2.36. The number of hydrogen-bond acceptors (Lipinski definition) is 3. The largest absolute Gasteiger partial charge is 0.384 e. The molecule has 1 aromatic carbocycles. The van der Waals surface area contributed by atoms with Crippen molar-refractivity contribution in [3.63, 3.8) is 0 Å². The highest BCUT2D eigenvalue weighted by Crippen LogP contribution is 2.31. The number of piperidine rings is 1. The Kier molecular flexibility index (Phi) is 5.76. The summed E-state index contributed by atoms with van der Waals surface area (Å²) < 4.78 is 5.34. The van der Waals surface area contributed by atoms with Crippen molar-refractivity contribution in [2.75, 3.05) is 26.8 Å². The number of benzene rings is 1. The molecule has 1 amide bonds. The van der Waals surface area contributed by atoms with Gasteiger partial charge in [0.05, 0.1) is 18.1 Å². The molecule has 21 heavy (non-hydrogen) atoms. The standard InChI is InChI=1S/C17H26N2O2/c1-3-15(14-7-5-4-6-8-14)19-16(20)17(13-21-2)9-11-18-12-10-17/h4-8,15,18H,3,9-13H2,1-2H3,(H,19,20). The highest BCUT2D eigenvalue weighted by molar-refractivity contribution is 5.83. The van der Waals surface area contributed by atoms with Gasteiger partial charge in [-0.15, -0.1) is 0 Å². The SMILES string of the molecule is CCC(NC(=O)C1(COC)CCNCC1)c1ccccc1. The predicted molar refractivity (Wildman–Crippen MR) is 84.0 cm³/mol. The maximum Gasteiger partial charge on any atom is 0.229 e. The Balaban J connectivity index is 2.10. The molecule has 1 unspecified atom stereocenters. The Labute approximate surface area is 127 Å². The van der Waals surface area contributed by atoms with Crippen LogP contribution in [0.25, 0.3) is 0 Å². The first-order chi connectivity index (χ1) is 10.2. The van der Waals surface area contributed by atoms with E-state index in [0.29, 0.717) is 6.61 Å². The lowest BCUT2D eigenvalue weighted by Crippen LogP contribution is -2.50. The van der Waals surface area contributed by atoms with E-state index in [0.717, 1.165) is 37.9 Å². The number of rotatable bonds is 6. The van der Waals surface area contributed by atoms with Crippen LogP contribution in [0.4, 0.5) is 0 Å². The summed E-state index contributed by atoms with van der Waals surface area (Å²) in [5, 5.41) is 6.55. The molecule has 1 atom stereocenters. The van der Waals surface area contributed by atoms with Crippen molar-refractivity contribution >= 4 is 5.91 Å². The molecule has 0 saturated carbocycles. The van der Waals surface area contributed by atoms with Gasteiger partial charge in [0.25, 0.3) is 0 Å². The summed E-state index contributed by atoms with van der Waals surface area (Å²) in [4.78, 5) is 12.8. The van der Waals surface area contributed by atoms with Gasteiger partial charge in [-0.3, -0.25) is 4.79 Å². The molecule has 1 aromatic rings. The van der Waals surface area contributed by atoms with E-state index in [2.05, 4.69) is 29.7 Å². The summed E-state index contributed by atoms with van der Waals surface area (Å²) in [7, 11) is 1.67. The van der Waals surface area contributed by atoms with E-state index in [1.807, 2.05) is 18.2 Å². The molecular formula is C17H26N2O2. The summed E-state index contributed by atoms with van der Waals surface area (Å²) in [5.41, 5.74) is 0.775. The third kappa shape index (κ3) is 3.83. The van der Waals surface area contributed by atoms with Gasteiger partial charge in [0.15, 0.2) is 0 Å². The molecule has 1 saturated heterocycles. The average molecular weight is 290 g/mol. The van der Waals surface area contributed by atoms with E-state index in [4.69, 9.17) is 4.74 Å². The molecule has 1 aliphatic rings. The van der Waals surface area contributed by atoms with Gasteiger partial charge >= 0.3 is 0 Å². The van der Waals surface area contributed by atoms with E-state index in [9.17, 15) is 4.79 Å². The lowest BCUT2D eigenvalue weighted by atomic mass is 9.78. The third-order valence-corrected chi connectivity index (χ3v) is 4.38. The van der Waals surface area contributed by atoms with Gasteiger partial charge in [-0.05, 0) is 37.9 Å². The van der Waals surface area contributed by atoms with Gasteiger partial charge in [0.2, 0.25) is 5.91 Å². The smallest absolute Gasteiger partial charge is 0.229 e.